The first-order chi connectivity index (χ1) is 8.10. The van der Waals surface area contributed by atoms with Crippen molar-refractivity contribution in [3.63, 3.8) is 0 Å². The summed E-state index contributed by atoms with van der Waals surface area (Å²) in [6, 6.07) is 3.64. The largest absolute Gasteiger partial charge is 0.398 e. The van der Waals surface area contributed by atoms with Gasteiger partial charge in [0, 0.05) is 16.8 Å². The van der Waals surface area contributed by atoms with Gasteiger partial charge in [-0.2, -0.15) is 0 Å². The summed E-state index contributed by atoms with van der Waals surface area (Å²) < 4.78 is 0. The Hall–Kier alpha value is -0.990. The fourth-order valence-electron chi connectivity index (χ4n) is 2.07. The molecule has 0 aliphatic carbocycles. The molecule has 0 aliphatic rings. The van der Waals surface area contributed by atoms with E-state index in [1.54, 1.807) is 6.07 Å². The third-order valence-corrected chi connectivity index (χ3v) is 3.76. The van der Waals surface area contributed by atoms with E-state index in [2.05, 4.69) is 18.8 Å². The van der Waals surface area contributed by atoms with E-state index in [-0.39, 0.29) is 0 Å². The minimum atomic E-state index is 0.480. The van der Waals surface area contributed by atoms with Crippen LogP contribution in [-0.4, -0.2) is 4.98 Å². The fourth-order valence-corrected chi connectivity index (χ4v) is 2.43. The van der Waals surface area contributed by atoms with Gasteiger partial charge >= 0.3 is 0 Å². The third kappa shape index (κ3) is 1.96. The minimum absolute atomic E-state index is 0.480. The lowest BCUT2D eigenvalue weighted by molar-refractivity contribution is 0.985. The second-order valence-corrected chi connectivity index (χ2v) is 4.70. The van der Waals surface area contributed by atoms with Crippen LogP contribution in [0, 0.1) is 0 Å². The molecule has 0 fully saturated rings. The number of aryl methyl sites for hydroxylation is 1. The zero-order valence-electron chi connectivity index (χ0n) is 9.85. The zero-order valence-corrected chi connectivity index (χ0v) is 11.4. The van der Waals surface area contributed by atoms with Gasteiger partial charge in [-0.05, 0) is 30.5 Å². The van der Waals surface area contributed by atoms with E-state index in [9.17, 15) is 0 Å². The van der Waals surface area contributed by atoms with Crippen LogP contribution < -0.4 is 5.73 Å². The van der Waals surface area contributed by atoms with Crippen LogP contribution in [-0.2, 0) is 12.8 Å². The molecule has 2 rings (SSSR count). The van der Waals surface area contributed by atoms with Crippen LogP contribution in [0.25, 0.3) is 10.9 Å². The van der Waals surface area contributed by atoms with E-state index in [1.807, 2.05) is 6.07 Å². The second kappa shape index (κ2) is 4.71. The van der Waals surface area contributed by atoms with E-state index < -0.39 is 0 Å². The first-order valence-electron chi connectivity index (χ1n) is 5.65. The molecule has 17 heavy (non-hydrogen) atoms. The molecule has 0 saturated carbocycles. The van der Waals surface area contributed by atoms with Crippen molar-refractivity contribution >= 4 is 39.8 Å². The van der Waals surface area contributed by atoms with Crippen LogP contribution in [0.15, 0.2) is 12.1 Å². The van der Waals surface area contributed by atoms with E-state index in [0.29, 0.717) is 15.6 Å². The molecular formula is C13H14Cl2N2. The summed E-state index contributed by atoms with van der Waals surface area (Å²) in [7, 11) is 0. The Morgan fingerprint density at radius 3 is 2.47 bits per heavy atom. The topological polar surface area (TPSA) is 38.9 Å². The maximum absolute atomic E-state index is 6.18. The maximum atomic E-state index is 6.18. The number of aromatic nitrogens is 1. The Bertz CT molecular complexity index is 579. The number of hydrogen-bond acceptors (Lipinski definition) is 2. The van der Waals surface area contributed by atoms with Crippen molar-refractivity contribution in [3.05, 3.63) is 33.4 Å². The predicted octanol–water partition coefficient (Wildman–Crippen LogP) is 4.25. The monoisotopic (exact) mass is 268 g/mol. The van der Waals surface area contributed by atoms with Crippen LogP contribution >= 0.6 is 23.2 Å². The summed E-state index contributed by atoms with van der Waals surface area (Å²) in [5.74, 6) is 0. The van der Waals surface area contributed by atoms with Crippen LogP contribution in [0.4, 0.5) is 5.69 Å². The summed E-state index contributed by atoms with van der Waals surface area (Å²) in [6.45, 7) is 4.14. The molecule has 0 unspecified atom stereocenters. The Balaban J connectivity index is 2.90. The molecule has 0 aliphatic heterocycles. The highest BCUT2D eigenvalue weighted by Gasteiger charge is 2.13. The number of nitrogens with zero attached hydrogens (tertiary/aromatic N) is 1. The number of rotatable bonds is 2. The van der Waals surface area contributed by atoms with Gasteiger partial charge in [-0.3, -0.25) is 4.98 Å². The van der Waals surface area contributed by atoms with E-state index >= 15 is 0 Å². The molecule has 0 bridgehead atoms. The molecule has 0 amide bonds. The Kier molecular flexibility index (Phi) is 3.45. The molecule has 0 radical (unpaired) electrons. The molecule has 2 N–H and O–H groups in total. The molecule has 1 aromatic heterocycles. The van der Waals surface area contributed by atoms with E-state index in [4.69, 9.17) is 28.9 Å². The lowest BCUT2D eigenvalue weighted by Gasteiger charge is -2.13. The highest BCUT2D eigenvalue weighted by atomic mass is 35.5. The molecule has 1 heterocycles. The van der Waals surface area contributed by atoms with E-state index in [1.165, 1.54) is 0 Å². The van der Waals surface area contributed by atoms with Gasteiger partial charge < -0.3 is 5.73 Å². The van der Waals surface area contributed by atoms with E-state index in [0.717, 1.165) is 35.2 Å². The number of pyridine rings is 1. The molecule has 2 aromatic rings. The first-order valence-corrected chi connectivity index (χ1v) is 6.40. The second-order valence-electron chi connectivity index (χ2n) is 3.92. The molecular weight excluding hydrogens is 255 g/mol. The molecule has 0 atom stereocenters. The highest BCUT2D eigenvalue weighted by Crippen LogP contribution is 2.34. The molecule has 0 saturated heterocycles. The maximum Gasteiger partial charge on any atom is 0.0927 e. The van der Waals surface area contributed by atoms with Gasteiger partial charge in [0.05, 0.1) is 15.6 Å². The van der Waals surface area contributed by atoms with Gasteiger partial charge in [0.15, 0.2) is 0 Å². The van der Waals surface area contributed by atoms with Gasteiger partial charge in [0.2, 0.25) is 0 Å². The average Bonchev–Trinajstić information content (AvgIpc) is 2.33. The number of fused-ring (bicyclic) bond motifs is 1. The van der Waals surface area contributed by atoms with Crippen LogP contribution in [0.5, 0.6) is 0 Å². The van der Waals surface area contributed by atoms with Crippen molar-refractivity contribution in [2.45, 2.75) is 26.7 Å². The van der Waals surface area contributed by atoms with Crippen molar-refractivity contribution in [1.82, 2.24) is 4.98 Å². The molecule has 90 valence electrons. The first kappa shape index (κ1) is 12.5. The number of hydrogen-bond donors (Lipinski definition) is 1. The predicted molar refractivity (Wildman–Crippen MR) is 74.9 cm³/mol. The summed E-state index contributed by atoms with van der Waals surface area (Å²) in [5.41, 5.74) is 9.77. The van der Waals surface area contributed by atoms with Crippen LogP contribution in [0.3, 0.4) is 0 Å². The van der Waals surface area contributed by atoms with Gasteiger partial charge in [-0.15, -0.1) is 0 Å². The van der Waals surface area contributed by atoms with Crippen LogP contribution in [0.2, 0.25) is 10.0 Å². The molecule has 1 aromatic carbocycles. The third-order valence-electron chi connectivity index (χ3n) is 2.97. The summed E-state index contributed by atoms with van der Waals surface area (Å²) >= 11 is 12.2. The Labute approximate surface area is 111 Å². The molecule has 4 heteroatoms. The van der Waals surface area contributed by atoms with Crippen molar-refractivity contribution in [3.8, 4) is 0 Å². The number of nitrogens with two attached hydrogens (primary N) is 1. The fraction of sp³-hybridized carbons (Fsp3) is 0.308. The van der Waals surface area contributed by atoms with Gasteiger partial charge in [-0.1, -0.05) is 37.0 Å². The average molecular weight is 269 g/mol. The van der Waals surface area contributed by atoms with Gasteiger partial charge in [-0.25, -0.2) is 0 Å². The number of anilines is 1. The smallest absolute Gasteiger partial charge is 0.0927 e. The minimum Gasteiger partial charge on any atom is -0.398 e. The van der Waals surface area contributed by atoms with Crippen molar-refractivity contribution in [2.75, 3.05) is 5.73 Å². The normalized spacial score (nSPS) is 11.1. The lowest BCUT2D eigenvalue weighted by Crippen LogP contribution is -2.03. The lowest BCUT2D eigenvalue weighted by atomic mass is 10.0. The van der Waals surface area contributed by atoms with Crippen molar-refractivity contribution < 1.29 is 0 Å². The number of nitrogen functional groups attached to an aromatic ring is 1. The molecule has 2 nitrogen and oxygen atoms in total. The highest BCUT2D eigenvalue weighted by molar-refractivity contribution is 6.45. The number of halogens is 2. The standard InChI is InChI=1S/C13H14Cl2N2/c1-3-7-10(4-2)17-13-8(12(7)16)5-6-9(14)11(13)15/h5-6H,3-4H2,1-2H3,(H2,16,17). The SMILES string of the molecule is CCc1nc2c(Cl)c(Cl)ccc2c(N)c1CC. The summed E-state index contributed by atoms with van der Waals surface area (Å²) in [5, 5.41) is 1.87. The number of benzene rings is 1. The van der Waals surface area contributed by atoms with Crippen molar-refractivity contribution in [1.29, 1.82) is 0 Å². The summed E-state index contributed by atoms with van der Waals surface area (Å²) in [4.78, 5) is 4.59. The Morgan fingerprint density at radius 1 is 1.18 bits per heavy atom. The van der Waals surface area contributed by atoms with Gasteiger partial charge in [0.25, 0.3) is 0 Å². The summed E-state index contributed by atoms with van der Waals surface area (Å²) in [6.07, 6.45) is 1.71. The quantitative estimate of drug-likeness (QED) is 0.885. The van der Waals surface area contributed by atoms with Crippen molar-refractivity contribution in [2.24, 2.45) is 0 Å². The van der Waals surface area contributed by atoms with Crippen LogP contribution in [0.1, 0.15) is 25.1 Å². The molecule has 0 spiro atoms. The Morgan fingerprint density at radius 2 is 1.88 bits per heavy atom. The van der Waals surface area contributed by atoms with Gasteiger partial charge in [0.1, 0.15) is 0 Å². The zero-order chi connectivity index (χ0) is 12.6.